The van der Waals surface area contributed by atoms with E-state index in [1.807, 2.05) is 66.4 Å². The Labute approximate surface area is 147 Å². The number of para-hydroxylation sites is 1. The molecule has 25 heavy (non-hydrogen) atoms. The van der Waals surface area contributed by atoms with Crippen molar-refractivity contribution in [2.24, 2.45) is 0 Å². The molecule has 2 aromatic carbocycles. The first kappa shape index (κ1) is 15.4. The van der Waals surface area contributed by atoms with Crippen molar-refractivity contribution < 1.29 is 4.79 Å². The summed E-state index contributed by atoms with van der Waals surface area (Å²) in [4.78, 5) is 19.1. The molecule has 1 aliphatic rings. The molecule has 4 heteroatoms. The maximum absolute atomic E-state index is 13.0. The van der Waals surface area contributed by atoms with Crippen LogP contribution in [0.4, 0.5) is 17.1 Å². The number of amides is 1. The van der Waals surface area contributed by atoms with Crippen LogP contribution >= 0.6 is 0 Å². The Morgan fingerprint density at radius 1 is 1.04 bits per heavy atom. The van der Waals surface area contributed by atoms with E-state index in [0.29, 0.717) is 6.54 Å². The quantitative estimate of drug-likeness (QED) is 0.777. The molecule has 0 unspecified atom stereocenters. The summed E-state index contributed by atoms with van der Waals surface area (Å²) in [6.45, 7) is 2.69. The van der Waals surface area contributed by atoms with Crippen LogP contribution in [-0.2, 0) is 6.42 Å². The van der Waals surface area contributed by atoms with Gasteiger partial charge in [0.2, 0.25) is 0 Å². The fraction of sp³-hybridized carbons (Fsp3) is 0.143. The van der Waals surface area contributed by atoms with Gasteiger partial charge in [0.05, 0.1) is 11.9 Å². The molecule has 0 fully saturated rings. The molecule has 0 atom stereocenters. The van der Waals surface area contributed by atoms with Gasteiger partial charge in [0.15, 0.2) is 0 Å². The average molecular weight is 329 g/mol. The van der Waals surface area contributed by atoms with Crippen LogP contribution < -0.4 is 10.2 Å². The van der Waals surface area contributed by atoms with Crippen LogP contribution in [0.25, 0.3) is 0 Å². The van der Waals surface area contributed by atoms with Crippen molar-refractivity contribution in [2.45, 2.75) is 13.3 Å². The zero-order valence-corrected chi connectivity index (χ0v) is 14.1. The number of anilines is 3. The van der Waals surface area contributed by atoms with Gasteiger partial charge in [0.25, 0.3) is 5.91 Å². The van der Waals surface area contributed by atoms with Gasteiger partial charge in [0.1, 0.15) is 0 Å². The molecule has 3 aromatic rings. The Bertz CT molecular complexity index is 921. The zero-order valence-electron chi connectivity index (χ0n) is 14.1. The number of carbonyl (C=O) groups excluding carboxylic acids is 1. The van der Waals surface area contributed by atoms with Gasteiger partial charge >= 0.3 is 0 Å². The Kier molecular flexibility index (Phi) is 3.94. The van der Waals surface area contributed by atoms with Crippen molar-refractivity contribution in [3.63, 3.8) is 0 Å². The minimum absolute atomic E-state index is 0.0362. The minimum atomic E-state index is 0.0362. The highest BCUT2D eigenvalue weighted by Crippen LogP contribution is 2.29. The van der Waals surface area contributed by atoms with E-state index in [2.05, 4.69) is 10.3 Å². The molecule has 0 saturated carbocycles. The van der Waals surface area contributed by atoms with Crippen LogP contribution in [0.3, 0.4) is 0 Å². The Morgan fingerprint density at radius 3 is 2.68 bits per heavy atom. The van der Waals surface area contributed by atoms with Crippen LogP contribution in [0.5, 0.6) is 0 Å². The van der Waals surface area contributed by atoms with Gasteiger partial charge in [-0.1, -0.05) is 24.3 Å². The second-order valence-electron chi connectivity index (χ2n) is 6.23. The largest absolute Gasteiger partial charge is 0.356 e. The molecule has 0 aliphatic carbocycles. The van der Waals surface area contributed by atoms with Crippen molar-refractivity contribution in [1.82, 2.24) is 4.98 Å². The van der Waals surface area contributed by atoms with Gasteiger partial charge in [-0.05, 0) is 54.8 Å². The zero-order chi connectivity index (χ0) is 17.2. The van der Waals surface area contributed by atoms with E-state index in [1.54, 1.807) is 12.4 Å². The summed E-state index contributed by atoms with van der Waals surface area (Å²) < 4.78 is 0. The first-order valence-corrected chi connectivity index (χ1v) is 8.40. The molecule has 0 spiro atoms. The molecule has 0 bridgehead atoms. The lowest BCUT2D eigenvalue weighted by Crippen LogP contribution is -2.38. The summed E-state index contributed by atoms with van der Waals surface area (Å²) in [5.74, 6) is 0.0362. The van der Waals surface area contributed by atoms with E-state index >= 15 is 0 Å². The molecule has 124 valence electrons. The maximum Gasteiger partial charge on any atom is 0.258 e. The van der Waals surface area contributed by atoms with Crippen LogP contribution in [-0.4, -0.2) is 17.4 Å². The number of nitrogens with one attached hydrogen (secondary N) is 1. The maximum atomic E-state index is 13.0. The highest BCUT2D eigenvalue weighted by Gasteiger charge is 2.26. The molecule has 0 saturated heterocycles. The first-order chi connectivity index (χ1) is 12.2. The van der Waals surface area contributed by atoms with E-state index in [-0.39, 0.29) is 5.91 Å². The summed E-state index contributed by atoms with van der Waals surface area (Å²) in [5.41, 5.74) is 5.73. The van der Waals surface area contributed by atoms with E-state index < -0.39 is 0 Å². The molecule has 4 nitrogen and oxygen atoms in total. The number of benzene rings is 2. The lowest BCUT2D eigenvalue weighted by Gasteiger charge is -2.29. The third-order valence-corrected chi connectivity index (χ3v) is 4.55. The molecule has 1 aromatic heterocycles. The Morgan fingerprint density at radius 2 is 1.88 bits per heavy atom. The number of carbonyl (C=O) groups is 1. The normalized spacial score (nSPS) is 13.5. The lowest BCUT2D eigenvalue weighted by atomic mass is 9.97. The van der Waals surface area contributed by atoms with E-state index in [9.17, 15) is 4.79 Å². The fourth-order valence-corrected chi connectivity index (χ4v) is 3.21. The number of nitrogens with zero attached hydrogens (tertiary/aromatic N) is 2. The average Bonchev–Trinajstić information content (AvgIpc) is 2.64. The number of aryl methyl sites for hydroxylation is 1. The Balaban J connectivity index is 1.66. The predicted octanol–water partition coefficient (Wildman–Crippen LogP) is 4.34. The van der Waals surface area contributed by atoms with Gasteiger partial charge in [-0.15, -0.1) is 0 Å². The van der Waals surface area contributed by atoms with Crippen molar-refractivity contribution in [3.05, 3.63) is 83.7 Å². The molecular weight excluding hydrogens is 310 g/mol. The highest BCUT2D eigenvalue weighted by molar-refractivity contribution is 6.09. The van der Waals surface area contributed by atoms with E-state index in [1.165, 1.54) is 0 Å². The fourth-order valence-electron chi connectivity index (χ4n) is 3.21. The molecule has 4 rings (SSSR count). The SMILES string of the molecule is Cc1ccncc1N1CCc2ccc(Nc3ccccc3)cc2C1=O. The predicted molar refractivity (Wildman–Crippen MR) is 101 cm³/mol. The van der Waals surface area contributed by atoms with Gasteiger partial charge < -0.3 is 10.2 Å². The van der Waals surface area contributed by atoms with Crippen molar-refractivity contribution in [2.75, 3.05) is 16.8 Å². The van der Waals surface area contributed by atoms with E-state index in [0.717, 1.165) is 40.2 Å². The molecule has 2 heterocycles. The number of rotatable bonds is 3. The number of hydrogen-bond donors (Lipinski definition) is 1. The van der Waals surface area contributed by atoms with Crippen molar-refractivity contribution in [3.8, 4) is 0 Å². The van der Waals surface area contributed by atoms with E-state index in [4.69, 9.17) is 0 Å². The molecule has 1 aliphatic heterocycles. The summed E-state index contributed by atoms with van der Waals surface area (Å²) in [6, 6.07) is 17.9. The third-order valence-electron chi connectivity index (χ3n) is 4.55. The third kappa shape index (κ3) is 2.98. The number of fused-ring (bicyclic) bond motifs is 1. The minimum Gasteiger partial charge on any atom is -0.356 e. The summed E-state index contributed by atoms with van der Waals surface area (Å²) >= 11 is 0. The number of hydrogen-bond acceptors (Lipinski definition) is 3. The van der Waals surface area contributed by atoms with Crippen LogP contribution in [0.2, 0.25) is 0 Å². The molecule has 1 N–H and O–H groups in total. The van der Waals surface area contributed by atoms with Crippen LogP contribution in [0.1, 0.15) is 21.5 Å². The second kappa shape index (κ2) is 6.40. The number of aromatic nitrogens is 1. The Hall–Kier alpha value is -3.14. The van der Waals surface area contributed by atoms with Crippen molar-refractivity contribution >= 4 is 23.0 Å². The second-order valence-corrected chi connectivity index (χ2v) is 6.23. The topological polar surface area (TPSA) is 45.2 Å². The molecule has 1 amide bonds. The first-order valence-electron chi connectivity index (χ1n) is 8.40. The monoisotopic (exact) mass is 329 g/mol. The van der Waals surface area contributed by atoms with Gasteiger partial charge in [0, 0.05) is 29.7 Å². The number of pyridine rings is 1. The summed E-state index contributed by atoms with van der Waals surface area (Å²) in [6.07, 6.45) is 4.37. The smallest absolute Gasteiger partial charge is 0.258 e. The molecule has 0 radical (unpaired) electrons. The van der Waals surface area contributed by atoms with Crippen molar-refractivity contribution in [1.29, 1.82) is 0 Å². The van der Waals surface area contributed by atoms with Gasteiger partial charge in [-0.25, -0.2) is 0 Å². The lowest BCUT2D eigenvalue weighted by molar-refractivity contribution is 0.0980. The highest BCUT2D eigenvalue weighted by atomic mass is 16.2. The summed E-state index contributed by atoms with van der Waals surface area (Å²) in [5, 5.41) is 3.36. The summed E-state index contributed by atoms with van der Waals surface area (Å²) in [7, 11) is 0. The molecular formula is C21H19N3O. The van der Waals surface area contributed by atoms with Gasteiger partial charge in [-0.3, -0.25) is 9.78 Å². The van der Waals surface area contributed by atoms with Crippen LogP contribution in [0.15, 0.2) is 67.0 Å². The van der Waals surface area contributed by atoms with Gasteiger partial charge in [-0.2, -0.15) is 0 Å². The standard InChI is InChI=1S/C21H19N3O/c1-15-9-11-22-14-20(15)24-12-10-16-7-8-18(13-19(16)21(24)25)23-17-5-3-2-4-6-17/h2-9,11,13-14,23H,10,12H2,1H3. The van der Waals surface area contributed by atoms with Crippen LogP contribution in [0, 0.1) is 6.92 Å².